The molecule has 28 heavy (non-hydrogen) atoms. The van der Waals surface area contributed by atoms with Gasteiger partial charge in [-0.2, -0.15) is 0 Å². The lowest BCUT2D eigenvalue weighted by Crippen LogP contribution is -2.62. The SMILES string of the molecule is Cc1c(CC(=O)NC2CC(C)(C)NC(C)(C)C2)c(=O)oc2cc(O)c(Cl)cc12. The topological polar surface area (TPSA) is 91.6 Å². The van der Waals surface area contributed by atoms with Crippen LogP contribution in [-0.2, 0) is 11.2 Å². The van der Waals surface area contributed by atoms with E-state index in [2.05, 4.69) is 38.3 Å². The van der Waals surface area contributed by atoms with Crippen LogP contribution in [0.15, 0.2) is 21.3 Å². The highest BCUT2D eigenvalue weighted by molar-refractivity contribution is 6.32. The molecule has 0 atom stereocenters. The molecule has 152 valence electrons. The van der Waals surface area contributed by atoms with Gasteiger partial charge < -0.3 is 20.2 Å². The van der Waals surface area contributed by atoms with Crippen LogP contribution in [0.25, 0.3) is 11.0 Å². The molecule has 3 N–H and O–H groups in total. The van der Waals surface area contributed by atoms with E-state index in [0.717, 1.165) is 12.8 Å². The number of aryl methyl sites for hydroxylation is 1. The maximum absolute atomic E-state index is 12.7. The Balaban J connectivity index is 1.83. The summed E-state index contributed by atoms with van der Waals surface area (Å²) < 4.78 is 5.30. The summed E-state index contributed by atoms with van der Waals surface area (Å²) in [5, 5.41) is 17.1. The second kappa shape index (κ2) is 7.08. The number of amides is 1. The molecule has 0 unspecified atom stereocenters. The molecule has 7 heteroatoms. The molecule has 1 saturated heterocycles. The Morgan fingerprint density at radius 2 is 1.89 bits per heavy atom. The Morgan fingerprint density at radius 3 is 2.50 bits per heavy atom. The number of nitrogens with one attached hydrogen (secondary N) is 2. The van der Waals surface area contributed by atoms with E-state index in [1.807, 2.05) is 0 Å². The number of piperidine rings is 1. The van der Waals surface area contributed by atoms with Crippen molar-refractivity contribution in [3.05, 3.63) is 38.7 Å². The molecule has 0 radical (unpaired) electrons. The van der Waals surface area contributed by atoms with Gasteiger partial charge in [0.05, 0.1) is 17.0 Å². The first-order valence-corrected chi connectivity index (χ1v) is 9.78. The van der Waals surface area contributed by atoms with Crippen molar-refractivity contribution < 1.29 is 14.3 Å². The molecule has 1 aromatic heterocycles. The number of carbonyl (C=O) groups excluding carboxylic acids is 1. The maximum Gasteiger partial charge on any atom is 0.340 e. The first-order valence-electron chi connectivity index (χ1n) is 9.40. The average molecular weight is 407 g/mol. The average Bonchev–Trinajstić information content (AvgIpc) is 2.50. The van der Waals surface area contributed by atoms with Gasteiger partial charge in [-0.3, -0.25) is 4.79 Å². The van der Waals surface area contributed by atoms with Crippen LogP contribution in [0.2, 0.25) is 5.02 Å². The fourth-order valence-electron chi connectivity index (χ4n) is 4.47. The molecular weight excluding hydrogens is 380 g/mol. The van der Waals surface area contributed by atoms with E-state index < -0.39 is 5.63 Å². The highest BCUT2D eigenvalue weighted by Gasteiger charge is 2.38. The summed E-state index contributed by atoms with van der Waals surface area (Å²) in [5.74, 6) is -0.364. The minimum Gasteiger partial charge on any atom is -0.506 e. The number of halogens is 1. The lowest BCUT2D eigenvalue weighted by molar-refractivity contribution is -0.121. The number of carbonyl (C=O) groups is 1. The van der Waals surface area contributed by atoms with Crippen molar-refractivity contribution in [1.82, 2.24) is 10.6 Å². The predicted octanol–water partition coefficient (Wildman–Crippen LogP) is 3.43. The summed E-state index contributed by atoms with van der Waals surface area (Å²) in [5.41, 5.74) is 0.434. The number of rotatable bonds is 3. The molecule has 1 aliphatic rings. The number of hydrogen-bond acceptors (Lipinski definition) is 5. The summed E-state index contributed by atoms with van der Waals surface area (Å²) in [6.07, 6.45) is 1.55. The monoisotopic (exact) mass is 406 g/mol. The van der Waals surface area contributed by atoms with Crippen molar-refractivity contribution >= 4 is 28.5 Å². The van der Waals surface area contributed by atoms with Gasteiger partial charge in [-0.25, -0.2) is 4.79 Å². The molecule has 0 saturated carbocycles. The van der Waals surface area contributed by atoms with Crippen molar-refractivity contribution in [2.45, 2.75) is 71.0 Å². The largest absolute Gasteiger partial charge is 0.506 e. The summed E-state index contributed by atoms with van der Waals surface area (Å²) in [6.45, 7) is 10.2. The number of hydrogen-bond donors (Lipinski definition) is 3. The molecular formula is C21H27ClN2O4. The highest BCUT2D eigenvalue weighted by Crippen LogP contribution is 2.31. The Hall–Kier alpha value is -2.05. The minimum absolute atomic E-state index is 0.0259. The first kappa shape index (κ1) is 20.7. The molecule has 0 spiro atoms. The number of aromatic hydroxyl groups is 1. The second-order valence-corrected chi connectivity index (χ2v) is 9.44. The fourth-order valence-corrected chi connectivity index (χ4v) is 4.63. The van der Waals surface area contributed by atoms with E-state index in [1.165, 1.54) is 6.07 Å². The number of fused-ring (bicyclic) bond motifs is 1. The highest BCUT2D eigenvalue weighted by atomic mass is 35.5. The van der Waals surface area contributed by atoms with E-state index >= 15 is 0 Å². The fraction of sp³-hybridized carbons (Fsp3) is 0.524. The van der Waals surface area contributed by atoms with Gasteiger partial charge in [-0.15, -0.1) is 0 Å². The van der Waals surface area contributed by atoms with Crippen LogP contribution >= 0.6 is 11.6 Å². The predicted molar refractivity (Wildman–Crippen MR) is 110 cm³/mol. The van der Waals surface area contributed by atoms with Crippen molar-refractivity contribution in [3.8, 4) is 5.75 Å². The minimum atomic E-state index is -0.576. The maximum atomic E-state index is 12.7. The first-order chi connectivity index (χ1) is 12.9. The van der Waals surface area contributed by atoms with Crippen molar-refractivity contribution in [2.75, 3.05) is 0 Å². The molecule has 2 heterocycles. The van der Waals surface area contributed by atoms with Gasteiger partial charge in [0.2, 0.25) is 5.91 Å². The molecule has 0 aliphatic carbocycles. The summed E-state index contributed by atoms with van der Waals surface area (Å²) in [7, 11) is 0. The van der Waals surface area contributed by atoms with Gasteiger partial charge in [0.1, 0.15) is 11.3 Å². The zero-order valence-corrected chi connectivity index (χ0v) is 17.7. The molecule has 1 fully saturated rings. The number of phenols is 1. The van der Waals surface area contributed by atoms with Gasteiger partial charge in [0.25, 0.3) is 0 Å². The Bertz CT molecular complexity index is 978. The third-order valence-corrected chi connectivity index (χ3v) is 5.55. The standard InChI is InChI=1S/C21H27ClN2O4/c1-11-13-6-15(22)16(25)8-17(13)28-19(27)14(11)7-18(26)23-12-9-20(2,3)24-21(4,5)10-12/h6,8,12,24-25H,7,9-10H2,1-5H3,(H,23,26). The van der Waals surface area contributed by atoms with Gasteiger partial charge in [0.15, 0.2) is 0 Å². The van der Waals surface area contributed by atoms with Gasteiger partial charge in [-0.1, -0.05) is 11.6 Å². The van der Waals surface area contributed by atoms with Crippen LogP contribution in [0.1, 0.15) is 51.7 Å². The van der Waals surface area contributed by atoms with E-state index in [0.29, 0.717) is 16.5 Å². The lowest BCUT2D eigenvalue weighted by atomic mass is 9.79. The van der Waals surface area contributed by atoms with Gasteiger partial charge in [-0.05, 0) is 59.1 Å². The normalized spacial score (nSPS) is 18.9. The van der Waals surface area contributed by atoms with E-state index in [1.54, 1.807) is 13.0 Å². The second-order valence-electron chi connectivity index (χ2n) is 9.04. The lowest BCUT2D eigenvalue weighted by Gasteiger charge is -2.46. The van der Waals surface area contributed by atoms with E-state index in [9.17, 15) is 14.7 Å². The van der Waals surface area contributed by atoms with Crippen LogP contribution in [-0.4, -0.2) is 28.1 Å². The van der Waals surface area contributed by atoms with Crippen LogP contribution in [0.5, 0.6) is 5.75 Å². The molecule has 3 rings (SSSR count). The molecule has 1 aromatic carbocycles. The van der Waals surface area contributed by atoms with E-state index in [4.69, 9.17) is 16.0 Å². The van der Waals surface area contributed by atoms with Crippen LogP contribution < -0.4 is 16.3 Å². The Labute approximate surface area is 169 Å². The van der Waals surface area contributed by atoms with Crippen molar-refractivity contribution in [2.24, 2.45) is 0 Å². The van der Waals surface area contributed by atoms with Gasteiger partial charge in [0, 0.05) is 28.6 Å². The molecule has 1 aliphatic heterocycles. The van der Waals surface area contributed by atoms with Gasteiger partial charge >= 0.3 is 5.63 Å². The van der Waals surface area contributed by atoms with Crippen molar-refractivity contribution in [3.63, 3.8) is 0 Å². The Kier molecular flexibility index (Phi) is 5.23. The third kappa shape index (κ3) is 4.33. The van der Waals surface area contributed by atoms with Crippen molar-refractivity contribution in [1.29, 1.82) is 0 Å². The summed E-state index contributed by atoms with van der Waals surface area (Å²) >= 11 is 5.98. The quantitative estimate of drug-likeness (QED) is 0.679. The molecule has 2 aromatic rings. The van der Waals surface area contributed by atoms with Crippen LogP contribution in [0.4, 0.5) is 0 Å². The molecule has 1 amide bonds. The zero-order chi connectivity index (χ0) is 20.9. The molecule has 0 bridgehead atoms. The van der Waals surface area contributed by atoms with E-state index in [-0.39, 0.29) is 45.8 Å². The summed E-state index contributed by atoms with van der Waals surface area (Å²) in [4.78, 5) is 25.1. The number of phenolic OH excluding ortho intramolecular Hbond substituents is 1. The Morgan fingerprint density at radius 1 is 1.29 bits per heavy atom. The van der Waals surface area contributed by atoms with Crippen LogP contribution in [0, 0.1) is 6.92 Å². The smallest absolute Gasteiger partial charge is 0.340 e. The third-order valence-electron chi connectivity index (χ3n) is 5.25. The van der Waals surface area contributed by atoms with Crippen LogP contribution in [0.3, 0.4) is 0 Å². The molecule has 6 nitrogen and oxygen atoms in total. The number of benzene rings is 1. The zero-order valence-electron chi connectivity index (χ0n) is 16.9. The summed E-state index contributed by atoms with van der Waals surface area (Å²) in [6, 6.07) is 2.89.